The fourth-order valence-corrected chi connectivity index (χ4v) is 4.34. The molecule has 0 radical (unpaired) electrons. The molecule has 1 amide bonds. The van der Waals surface area contributed by atoms with Gasteiger partial charge in [0.25, 0.3) is 0 Å². The molecule has 1 atom stereocenters. The summed E-state index contributed by atoms with van der Waals surface area (Å²) < 4.78 is 28.3. The molecular formula is C22H24N2O3S. The average Bonchev–Trinajstić information content (AvgIpc) is 2.70. The van der Waals surface area contributed by atoms with Crippen molar-refractivity contribution in [3.05, 3.63) is 78.4 Å². The van der Waals surface area contributed by atoms with E-state index in [9.17, 15) is 13.2 Å². The average molecular weight is 397 g/mol. The van der Waals surface area contributed by atoms with E-state index in [1.807, 2.05) is 68.4 Å². The summed E-state index contributed by atoms with van der Waals surface area (Å²) in [6, 6.07) is 21.1. The molecule has 0 aromatic heterocycles. The highest BCUT2D eigenvalue weighted by molar-refractivity contribution is 7.89. The number of rotatable bonds is 7. The predicted molar refractivity (Wildman–Crippen MR) is 111 cm³/mol. The molecule has 28 heavy (non-hydrogen) atoms. The van der Waals surface area contributed by atoms with Crippen LogP contribution in [0.25, 0.3) is 10.8 Å². The molecule has 5 nitrogen and oxygen atoms in total. The Balaban J connectivity index is 1.77. The molecule has 0 fully saturated rings. The van der Waals surface area contributed by atoms with E-state index in [2.05, 4.69) is 10.0 Å². The Kier molecular flexibility index (Phi) is 6.11. The molecule has 0 aliphatic carbocycles. The van der Waals surface area contributed by atoms with Gasteiger partial charge < -0.3 is 5.32 Å². The van der Waals surface area contributed by atoms with Crippen molar-refractivity contribution in [2.45, 2.75) is 31.3 Å². The van der Waals surface area contributed by atoms with Crippen molar-refractivity contribution in [1.82, 2.24) is 10.0 Å². The molecule has 0 saturated heterocycles. The number of fused-ring (bicyclic) bond motifs is 1. The van der Waals surface area contributed by atoms with Gasteiger partial charge in [-0.1, -0.05) is 74.5 Å². The van der Waals surface area contributed by atoms with Crippen LogP contribution in [0.4, 0.5) is 0 Å². The van der Waals surface area contributed by atoms with Crippen molar-refractivity contribution in [2.24, 2.45) is 5.92 Å². The Labute approximate surface area is 165 Å². The van der Waals surface area contributed by atoms with Crippen LogP contribution in [0.15, 0.2) is 77.7 Å². The Morgan fingerprint density at radius 2 is 1.54 bits per heavy atom. The van der Waals surface area contributed by atoms with E-state index in [0.29, 0.717) is 6.54 Å². The zero-order valence-electron chi connectivity index (χ0n) is 15.9. The minimum absolute atomic E-state index is 0.146. The third-order valence-corrected chi connectivity index (χ3v) is 6.01. The summed E-state index contributed by atoms with van der Waals surface area (Å²) in [4.78, 5) is 12.8. The van der Waals surface area contributed by atoms with E-state index in [0.717, 1.165) is 16.3 Å². The fraction of sp³-hybridized carbons (Fsp3) is 0.227. The van der Waals surface area contributed by atoms with Crippen LogP contribution in [0.2, 0.25) is 0 Å². The molecule has 6 heteroatoms. The zero-order valence-corrected chi connectivity index (χ0v) is 16.7. The molecule has 3 rings (SSSR count). The number of sulfonamides is 1. The van der Waals surface area contributed by atoms with Gasteiger partial charge in [0.2, 0.25) is 15.9 Å². The summed E-state index contributed by atoms with van der Waals surface area (Å²) in [5.41, 5.74) is 0.954. The monoisotopic (exact) mass is 396 g/mol. The van der Waals surface area contributed by atoms with Crippen molar-refractivity contribution in [2.75, 3.05) is 0 Å². The maximum absolute atomic E-state index is 12.9. The van der Waals surface area contributed by atoms with Crippen LogP contribution >= 0.6 is 0 Å². The smallest absolute Gasteiger partial charge is 0.241 e. The SMILES string of the molecule is CC(C)C(NS(=O)(=O)c1ccc2ccccc2c1)C(=O)NCc1ccccc1. The van der Waals surface area contributed by atoms with E-state index in [1.165, 1.54) is 0 Å². The maximum Gasteiger partial charge on any atom is 0.241 e. The van der Waals surface area contributed by atoms with Crippen molar-refractivity contribution >= 4 is 26.7 Å². The second kappa shape index (κ2) is 8.54. The lowest BCUT2D eigenvalue weighted by Gasteiger charge is -2.22. The number of carbonyl (C=O) groups is 1. The van der Waals surface area contributed by atoms with Gasteiger partial charge in [-0.05, 0) is 34.4 Å². The topological polar surface area (TPSA) is 75.3 Å². The highest BCUT2D eigenvalue weighted by Gasteiger charge is 2.28. The number of hydrogen-bond donors (Lipinski definition) is 2. The first-order chi connectivity index (χ1) is 13.4. The highest BCUT2D eigenvalue weighted by atomic mass is 32.2. The van der Waals surface area contributed by atoms with Gasteiger partial charge in [0.15, 0.2) is 0 Å². The molecule has 3 aromatic carbocycles. The zero-order chi connectivity index (χ0) is 20.1. The number of carbonyl (C=O) groups excluding carboxylic acids is 1. The van der Waals surface area contributed by atoms with Crippen LogP contribution in [-0.4, -0.2) is 20.4 Å². The van der Waals surface area contributed by atoms with Crippen LogP contribution in [0.1, 0.15) is 19.4 Å². The molecule has 0 bridgehead atoms. The third-order valence-electron chi connectivity index (χ3n) is 4.57. The summed E-state index contributed by atoms with van der Waals surface area (Å²) in [5, 5.41) is 4.61. The van der Waals surface area contributed by atoms with E-state index in [4.69, 9.17) is 0 Å². The predicted octanol–water partition coefficient (Wildman–Crippen LogP) is 3.46. The van der Waals surface area contributed by atoms with Gasteiger partial charge in [0.1, 0.15) is 6.04 Å². The summed E-state index contributed by atoms with van der Waals surface area (Å²) in [7, 11) is -3.83. The van der Waals surface area contributed by atoms with E-state index >= 15 is 0 Å². The highest BCUT2D eigenvalue weighted by Crippen LogP contribution is 2.19. The quantitative estimate of drug-likeness (QED) is 0.642. The largest absolute Gasteiger partial charge is 0.351 e. The van der Waals surface area contributed by atoms with Crippen LogP contribution in [0.5, 0.6) is 0 Å². The standard InChI is InChI=1S/C22H24N2O3S/c1-16(2)21(22(25)23-15-17-8-4-3-5-9-17)24-28(26,27)20-13-12-18-10-6-7-11-19(18)14-20/h3-14,16,21,24H,15H2,1-2H3,(H,23,25). The lowest BCUT2D eigenvalue weighted by atomic mass is 10.0. The van der Waals surface area contributed by atoms with Crippen molar-refractivity contribution in [1.29, 1.82) is 0 Å². The first kappa shape index (κ1) is 20.0. The Morgan fingerprint density at radius 1 is 0.893 bits per heavy atom. The van der Waals surface area contributed by atoms with E-state index in [-0.39, 0.29) is 16.7 Å². The lowest BCUT2D eigenvalue weighted by Crippen LogP contribution is -2.49. The minimum atomic E-state index is -3.83. The van der Waals surface area contributed by atoms with Crippen LogP contribution in [0.3, 0.4) is 0 Å². The second-order valence-electron chi connectivity index (χ2n) is 7.06. The molecular weight excluding hydrogens is 372 g/mol. The molecule has 146 valence electrons. The van der Waals surface area contributed by atoms with Gasteiger partial charge in [-0.25, -0.2) is 8.42 Å². The van der Waals surface area contributed by atoms with Crippen LogP contribution in [0, 0.1) is 5.92 Å². The molecule has 0 heterocycles. The first-order valence-corrected chi connectivity index (χ1v) is 10.7. The van der Waals surface area contributed by atoms with Gasteiger partial charge in [-0.3, -0.25) is 4.79 Å². The van der Waals surface area contributed by atoms with Gasteiger partial charge >= 0.3 is 0 Å². The lowest BCUT2D eigenvalue weighted by molar-refractivity contribution is -0.123. The number of amides is 1. The molecule has 0 saturated carbocycles. The first-order valence-electron chi connectivity index (χ1n) is 9.19. The summed E-state index contributed by atoms with van der Waals surface area (Å²) >= 11 is 0. The van der Waals surface area contributed by atoms with Gasteiger partial charge in [0.05, 0.1) is 4.90 Å². The fourth-order valence-electron chi connectivity index (χ4n) is 2.96. The van der Waals surface area contributed by atoms with Crippen LogP contribution in [-0.2, 0) is 21.4 Å². The molecule has 3 aromatic rings. The normalized spacial score (nSPS) is 12.8. The van der Waals surface area contributed by atoms with Crippen molar-refractivity contribution < 1.29 is 13.2 Å². The summed E-state index contributed by atoms with van der Waals surface area (Å²) in [6.07, 6.45) is 0. The number of nitrogens with one attached hydrogen (secondary N) is 2. The molecule has 0 aliphatic heterocycles. The van der Waals surface area contributed by atoms with Crippen molar-refractivity contribution in [3.63, 3.8) is 0 Å². The van der Waals surface area contributed by atoms with Crippen molar-refractivity contribution in [3.8, 4) is 0 Å². The summed E-state index contributed by atoms with van der Waals surface area (Å²) in [5.74, 6) is -0.547. The van der Waals surface area contributed by atoms with Crippen LogP contribution < -0.4 is 10.0 Å². The third kappa shape index (κ3) is 4.77. The molecule has 1 unspecified atom stereocenters. The number of benzene rings is 3. The van der Waals surface area contributed by atoms with E-state index < -0.39 is 16.1 Å². The Morgan fingerprint density at radius 3 is 2.21 bits per heavy atom. The second-order valence-corrected chi connectivity index (χ2v) is 8.77. The minimum Gasteiger partial charge on any atom is -0.351 e. The van der Waals surface area contributed by atoms with E-state index in [1.54, 1.807) is 18.2 Å². The summed E-state index contributed by atoms with van der Waals surface area (Å²) in [6.45, 7) is 3.98. The van der Waals surface area contributed by atoms with Gasteiger partial charge in [0, 0.05) is 6.54 Å². The Bertz CT molecular complexity index is 1060. The van der Waals surface area contributed by atoms with Gasteiger partial charge in [-0.15, -0.1) is 0 Å². The molecule has 2 N–H and O–H groups in total. The number of hydrogen-bond acceptors (Lipinski definition) is 3. The Hall–Kier alpha value is -2.70. The molecule has 0 aliphatic rings. The maximum atomic E-state index is 12.9. The van der Waals surface area contributed by atoms with Gasteiger partial charge in [-0.2, -0.15) is 4.72 Å². The molecule has 0 spiro atoms.